The van der Waals surface area contributed by atoms with Crippen LogP contribution >= 0.6 is 0 Å². The number of hydrogen-bond acceptors (Lipinski definition) is 3. The monoisotopic (exact) mass is 271 g/mol. The molecule has 1 amide bonds. The standard InChI is InChI=1S/C15H17N3O2/c1-11(10-18-7-2-6-16-18)17-15(19)13-3-4-14-12(9-13)5-8-20-14/h2-4,6-7,9,11H,5,8,10H2,1H3,(H,17,19)/t11-/m1/s1. The molecule has 0 spiro atoms. The Kier molecular flexibility index (Phi) is 3.41. The van der Waals surface area contributed by atoms with Crippen molar-refractivity contribution in [1.29, 1.82) is 0 Å². The normalized spacial score (nSPS) is 14.4. The minimum Gasteiger partial charge on any atom is -0.493 e. The van der Waals surface area contributed by atoms with Crippen LogP contribution in [0.4, 0.5) is 0 Å². The van der Waals surface area contributed by atoms with E-state index in [4.69, 9.17) is 4.74 Å². The zero-order valence-electron chi connectivity index (χ0n) is 11.4. The van der Waals surface area contributed by atoms with Gasteiger partial charge in [0.1, 0.15) is 5.75 Å². The summed E-state index contributed by atoms with van der Waals surface area (Å²) in [5, 5.41) is 7.12. The molecule has 2 heterocycles. The number of carbonyl (C=O) groups is 1. The van der Waals surface area contributed by atoms with Crippen molar-refractivity contribution in [3.8, 4) is 5.75 Å². The maximum Gasteiger partial charge on any atom is 0.251 e. The quantitative estimate of drug-likeness (QED) is 0.919. The summed E-state index contributed by atoms with van der Waals surface area (Å²) in [6.07, 6.45) is 4.49. The fourth-order valence-corrected chi connectivity index (χ4v) is 2.37. The summed E-state index contributed by atoms with van der Waals surface area (Å²) in [5.41, 5.74) is 1.79. The molecule has 0 saturated heterocycles. The zero-order valence-corrected chi connectivity index (χ0v) is 11.4. The van der Waals surface area contributed by atoms with Crippen molar-refractivity contribution in [3.05, 3.63) is 47.8 Å². The molecule has 0 aliphatic carbocycles. The molecule has 104 valence electrons. The summed E-state index contributed by atoms with van der Waals surface area (Å²) >= 11 is 0. The van der Waals surface area contributed by atoms with E-state index in [0.29, 0.717) is 18.7 Å². The molecule has 1 atom stereocenters. The predicted octanol–water partition coefficient (Wildman–Crippen LogP) is 1.64. The molecule has 1 aliphatic heterocycles. The number of aromatic nitrogens is 2. The Hall–Kier alpha value is -2.30. The van der Waals surface area contributed by atoms with Crippen LogP contribution in [-0.2, 0) is 13.0 Å². The van der Waals surface area contributed by atoms with Crippen LogP contribution in [0.15, 0.2) is 36.7 Å². The van der Waals surface area contributed by atoms with Crippen molar-refractivity contribution in [2.45, 2.75) is 25.9 Å². The number of hydrogen-bond donors (Lipinski definition) is 1. The fraction of sp³-hybridized carbons (Fsp3) is 0.333. The summed E-state index contributed by atoms with van der Waals surface area (Å²) in [6, 6.07) is 7.48. The Morgan fingerprint density at radius 1 is 1.55 bits per heavy atom. The first-order chi connectivity index (χ1) is 9.72. The molecule has 0 radical (unpaired) electrons. The molecule has 2 aromatic rings. The van der Waals surface area contributed by atoms with Gasteiger partial charge in [0.2, 0.25) is 0 Å². The number of ether oxygens (including phenoxy) is 1. The molecule has 5 nitrogen and oxygen atoms in total. The van der Waals surface area contributed by atoms with Gasteiger partial charge in [-0.1, -0.05) is 0 Å². The summed E-state index contributed by atoms with van der Waals surface area (Å²) in [7, 11) is 0. The summed E-state index contributed by atoms with van der Waals surface area (Å²) < 4.78 is 7.25. The van der Waals surface area contributed by atoms with Gasteiger partial charge in [-0.25, -0.2) is 0 Å². The molecule has 5 heteroatoms. The molecule has 0 unspecified atom stereocenters. The highest BCUT2D eigenvalue weighted by Crippen LogP contribution is 2.25. The van der Waals surface area contributed by atoms with Crippen LogP contribution < -0.4 is 10.1 Å². The van der Waals surface area contributed by atoms with E-state index in [1.54, 1.807) is 12.3 Å². The van der Waals surface area contributed by atoms with Gasteiger partial charge in [0.25, 0.3) is 5.91 Å². The number of amides is 1. The molecule has 1 aromatic heterocycles. The van der Waals surface area contributed by atoms with Crippen molar-refractivity contribution < 1.29 is 9.53 Å². The third kappa shape index (κ3) is 2.66. The van der Waals surface area contributed by atoms with E-state index >= 15 is 0 Å². The van der Waals surface area contributed by atoms with Crippen LogP contribution in [0.3, 0.4) is 0 Å². The van der Waals surface area contributed by atoms with Gasteiger partial charge >= 0.3 is 0 Å². The molecule has 0 saturated carbocycles. The molecule has 0 fully saturated rings. The average Bonchev–Trinajstić information content (AvgIpc) is 3.07. The van der Waals surface area contributed by atoms with Crippen LogP contribution in [0.2, 0.25) is 0 Å². The fourth-order valence-electron chi connectivity index (χ4n) is 2.37. The summed E-state index contributed by atoms with van der Waals surface area (Å²) in [4.78, 5) is 12.2. The summed E-state index contributed by atoms with van der Waals surface area (Å²) in [5.74, 6) is 0.838. The van der Waals surface area contributed by atoms with Gasteiger partial charge in [-0.05, 0) is 36.8 Å². The van der Waals surface area contributed by atoms with Crippen molar-refractivity contribution in [3.63, 3.8) is 0 Å². The number of carbonyl (C=O) groups excluding carboxylic acids is 1. The number of nitrogens with one attached hydrogen (secondary N) is 1. The van der Waals surface area contributed by atoms with E-state index in [9.17, 15) is 4.79 Å². The lowest BCUT2D eigenvalue weighted by molar-refractivity contribution is 0.0936. The van der Waals surface area contributed by atoms with Crippen LogP contribution in [0.5, 0.6) is 5.75 Å². The smallest absolute Gasteiger partial charge is 0.251 e. The second kappa shape index (κ2) is 5.36. The second-order valence-electron chi connectivity index (χ2n) is 5.02. The van der Waals surface area contributed by atoms with E-state index < -0.39 is 0 Å². The molecular weight excluding hydrogens is 254 g/mol. The van der Waals surface area contributed by atoms with Gasteiger partial charge in [-0.15, -0.1) is 0 Å². The Labute approximate surface area is 117 Å². The minimum atomic E-state index is -0.0562. The topological polar surface area (TPSA) is 56.2 Å². The number of rotatable bonds is 4. The van der Waals surface area contributed by atoms with Crippen molar-refractivity contribution in [2.75, 3.05) is 6.61 Å². The molecule has 1 aromatic carbocycles. The molecule has 1 aliphatic rings. The van der Waals surface area contributed by atoms with E-state index in [0.717, 1.165) is 17.7 Å². The molecule has 1 N–H and O–H groups in total. The first-order valence-electron chi connectivity index (χ1n) is 6.76. The largest absolute Gasteiger partial charge is 0.493 e. The van der Waals surface area contributed by atoms with Gasteiger partial charge < -0.3 is 10.1 Å². The molecule has 0 bridgehead atoms. The van der Waals surface area contributed by atoms with E-state index in [-0.39, 0.29) is 11.9 Å². The van der Waals surface area contributed by atoms with Gasteiger partial charge in [0.05, 0.1) is 13.2 Å². The Bertz CT molecular complexity index is 608. The SMILES string of the molecule is C[C@H](Cn1cccn1)NC(=O)c1ccc2c(c1)CCO2. The molecule has 20 heavy (non-hydrogen) atoms. The lowest BCUT2D eigenvalue weighted by Crippen LogP contribution is -2.35. The number of benzene rings is 1. The Balaban J connectivity index is 1.64. The lowest BCUT2D eigenvalue weighted by atomic mass is 10.1. The van der Waals surface area contributed by atoms with Gasteiger partial charge in [-0.3, -0.25) is 9.48 Å². The molecular formula is C15H17N3O2. The summed E-state index contributed by atoms with van der Waals surface area (Å²) in [6.45, 7) is 3.33. The van der Waals surface area contributed by atoms with E-state index in [2.05, 4.69) is 10.4 Å². The lowest BCUT2D eigenvalue weighted by Gasteiger charge is -2.14. The number of fused-ring (bicyclic) bond motifs is 1. The average molecular weight is 271 g/mol. The number of nitrogens with zero attached hydrogens (tertiary/aromatic N) is 2. The first-order valence-corrected chi connectivity index (χ1v) is 6.76. The van der Waals surface area contributed by atoms with Crippen LogP contribution in [-0.4, -0.2) is 28.3 Å². The van der Waals surface area contributed by atoms with E-state index in [1.165, 1.54) is 0 Å². The minimum absolute atomic E-state index is 0.0203. The van der Waals surface area contributed by atoms with Gasteiger partial charge in [-0.2, -0.15) is 5.10 Å². The Morgan fingerprint density at radius 2 is 2.45 bits per heavy atom. The van der Waals surface area contributed by atoms with E-state index in [1.807, 2.05) is 36.0 Å². The van der Waals surface area contributed by atoms with Crippen molar-refractivity contribution >= 4 is 5.91 Å². The van der Waals surface area contributed by atoms with Gasteiger partial charge in [0.15, 0.2) is 0 Å². The van der Waals surface area contributed by atoms with Crippen LogP contribution in [0, 0.1) is 0 Å². The maximum absolute atomic E-state index is 12.2. The van der Waals surface area contributed by atoms with Crippen molar-refractivity contribution in [1.82, 2.24) is 15.1 Å². The highest BCUT2D eigenvalue weighted by Gasteiger charge is 2.16. The third-order valence-electron chi connectivity index (χ3n) is 3.35. The predicted molar refractivity (Wildman–Crippen MR) is 74.8 cm³/mol. The Morgan fingerprint density at radius 3 is 3.25 bits per heavy atom. The van der Waals surface area contributed by atoms with Gasteiger partial charge in [0, 0.05) is 30.4 Å². The maximum atomic E-state index is 12.2. The van der Waals surface area contributed by atoms with Crippen LogP contribution in [0.25, 0.3) is 0 Å². The second-order valence-corrected chi connectivity index (χ2v) is 5.02. The first kappa shape index (κ1) is 12.7. The highest BCUT2D eigenvalue weighted by atomic mass is 16.5. The van der Waals surface area contributed by atoms with Crippen molar-refractivity contribution in [2.24, 2.45) is 0 Å². The molecule has 3 rings (SSSR count). The zero-order chi connectivity index (χ0) is 13.9. The third-order valence-corrected chi connectivity index (χ3v) is 3.35. The van der Waals surface area contributed by atoms with Crippen LogP contribution in [0.1, 0.15) is 22.8 Å². The highest BCUT2D eigenvalue weighted by molar-refractivity contribution is 5.94.